The second-order valence-electron chi connectivity index (χ2n) is 1.51. The van der Waals surface area contributed by atoms with Crippen molar-refractivity contribution in [2.24, 2.45) is 0 Å². The molecule has 2 N–H and O–H groups in total. The van der Waals surface area contributed by atoms with E-state index in [4.69, 9.17) is 5.73 Å². The molecule has 0 spiro atoms. The molecule has 0 aromatic carbocycles. The van der Waals surface area contributed by atoms with Crippen LogP contribution >= 0.6 is 31.9 Å². The quantitative estimate of drug-likeness (QED) is 0.742. The number of hydrogen-bond acceptors (Lipinski definition) is 2. The van der Waals surface area contributed by atoms with Gasteiger partial charge in [-0.05, 0) is 44.0 Å². The number of anilines is 1. The van der Waals surface area contributed by atoms with Crippen molar-refractivity contribution in [2.75, 3.05) is 5.73 Å². The van der Waals surface area contributed by atoms with Gasteiger partial charge in [-0.3, -0.25) is 0 Å². The topological polar surface area (TPSA) is 38.9 Å². The molecule has 62 valence electrons. The summed E-state index contributed by atoms with van der Waals surface area (Å²) < 4.78 is 1.65. The lowest BCUT2D eigenvalue weighted by Gasteiger charge is -1.94. The molecule has 0 amide bonds. The molecule has 0 unspecified atom stereocenters. The molecule has 0 fully saturated rings. The molecular formula is C7H10Br2N2. The first-order chi connectivity index (χ1) is 5.20. The summed E-state index contributed by atoms with van der Waals surface area (Å²) in [5, 5.41) is 0. The van der Waals surface area contributed by atoms with Crippen LogP contribution in [0.4, 0.5) is 5.82 Å². The zero-order valence-corrected chi connectivity index (χ0v) is 9.61. The van der Waals surface area contributed by atoms with Gasteiger partial charge in [0.05, 0.1) is 4.47 Å². The fourth-order valence-electron chi connectivity index (χ4n) is 0.431. The summed E-state index contributed by atoms with van der Waals surface area (Å²) in [6, 6.07) is 3.57. The molecule has 2 nitrogen and oxygen atoms in total. The van der Waals surface area contributed by atoms with Crippen LogP contribution in [-0.2, 0) is 0 Å². The number of nitrogen functional groups attached to an aromatic ring is 1. The Labute approximate surface area is 83.5 Å². The highest BCUT2D eigenvalue weighted by Crippen LogP contribution is 2.20. The molecule has 4 heteroatoms. The van der Waals surface area contributed by atoms with E-state index < -0.39 is 0 Å². The van der Waals surface area contributed by atoms with E-state index in [2.05, 4.69) is 36.8 Å². The van der Waals surface area contributed by atoms with E-state index in [0.717, 1.165) is 9.08 Å². The van der Waals surface area contributed by atoms with E-state index in [1.807, 2.05) is 19.9 Å². The lowest BCUT2D eigenvalue weighted by Crippen LogP contribution is -1.88. The first-order valence-electron chi connectivity index (χ1n) is 3.27. The van der Waals surface area contributed by atoms with Crippen LogP contribution in [0, 0.1) is 0 Å². The monoisotopic (exact) mass is 280 g/mol. The highest BCUT2D eigenvalue weighted by Gasteiger charge is 1.94. The predicted molar refractivity (Wildman–Crippen MR) is 55.4 cm³/mol. The van der Waals surface area contributed by atoms with Crippen LogP contribution in [0.1, 0.15) is 13.8 Å². The van der Waals surface area contributed by atoms with Gasteiger partial charge in [-0.15, -0.1) is 0 Å². The summed E-state index contributed by atoms with van der Waals surface area (Å²) in [7, 11) is 0. The van der Waals surface area contributed by atoms with Crippen LogP contribution in [0.3, 0.4) is 0 Å². The molecule has 0 saturated heterocycles. The minimum absolute atomic E-state index is 0.519. The number of halogens is 2. The molecule has 1 rings (SSSR count). The van der Waals surface area contributed by atoms with Crippen LogP contribution in [0.15, 0.2) is 21.2 Å². The Bertz CT molecular complexity index is 226. The Hall–Kier alpha value is -0.0900. The van der Waals surface area contributed by atoms with E-state index in [0.29, 0.717) is 5.82 Å². The van der Waals surface area contributed by atoms with Gasteiger partial charge in [0.15, 0.2) is 0 Å². The highest BCUT2D eigenvalue weighted by molar-refractivity contribution is 9.13. The van der Waals surface area contributed by atoms with Crippen molar-refractivity contribution in [1.82, 2.24) is 4.98 Å². The zero-order valence-electron chi connectivity index (χ0n) is 6.44. The predicted octanol–water partition coefficient (Wildman–Crippen LogP) is 3.22. The number of nitrogens with zero attached hydrogens (tertiary/aromatic N) is 1. The lowest BCUT2D eigenvalue weighted by atomic mass is 10.5. The molecular weight excluding hydrogens is 272 g/mol. The van der Waals surface area contributed by atoms with E-state index in [1.54, 1.807) is 6.07 Å². The van der Waals surface area contributed by atoms with E-state index in [-0.39, 0.29) is 0 Å². The number of aromatic nitrogens is 1. The number of rotatable bonds is 0. The smallest absolute Gasteiger partial charge is 0.124 e. The third-order valence-electron chi connectivity index (χ3n) is 0.825. The first-order valence-corrected chi connectivity index (χ1v) is 4.86. The molecule has 11 heavy (non-hydrogen) atoms. The highest BCUT2D eigenvalue weighted by atomic mass is 79.9. The number of hydrogen-bond donors (Lipinski definition) is 1. The van der Waals surface area contributed by atoms with Crippen molar-refractivity contribution >= 4 is 37.7 Å². The second kappa shape index (κ2) is 5.55. The summed E-state index contributed by atoms with van der Waals surface area (Å²) in [6.07, 6.45) is 0. The first kappa shape index (κ1) is 10.9. The zero-order chi connectivity index (χ0) is 8.85. The molecule has 1 aromatic rings. The maximum absolute atomic E-state index is 5.37. The average Bonchev–Trinajstić information content (AvgIpc) is 2.02. The van der Waals surface area contributed by atoms with Gasteiger partial charge in [-0.1, -0.05) is 13.8 Å². The molecule has 0 aliphatic heterocycles. The molecule has 1 heterocycles. The van der Waals surface area contributed by atoms with Crippen molar-refractivity contribution < 1.29 is 0 Å². The third-order valence-corrected chi connectivity index (χ3v) is 2.60. The molecule has 0 radical (unpaired) electrons. The summed E-state index contributed by atoms with van der Waals surface area (Å²) in [6.45, 7) is 4.00. The summed E-state index contributed by atoms with van der Waals surface area (Å²) in [4.78, 5) is 3.92. The Kier molecular flexibility index (Phi) is 5.50. The van der Waals surface area contributed by atoms with Gasteiger partial charge >= 0.3 is 0 Å². The van der Waals surface area contributed by atoms with Gasteiger partial charge in [-0.25, -0.2) is 4.98 Å². The van der Waals surface area contributed by atoms with Gasteiger partial charge < -0.3 is 5.73 Å². The van der Waals surface area contributed by atoms with E-state index >= 15 is 0 Å². The van der Waals surface area contributed by atoms with Gasteiger partial charge in [0.25, 0.3) is 0 Å². The largest absolute Gasteiger partial charge is 0.384 e. The molecule has 1 aromatic heterocycles. The van der Waals surface area contributed by atoms with Gasteiger partial charge in [0.1, 0.15) is 10.4 Å². The Morgan fingerprint density at radius 1 is 1.27 bits per heavy atom. The van der Waals surface area contributed by atoms with Crippen LogP contribution in [0.2, 0.25) is 0 Å². The van der Waals surface area contributed by atoms with Crippen LogP contribution in [0.25, 0.3) is 0 Å². The minimum Gasteiger partial charge on any atom is -0.384 e. The van der Waals surface area contributed by atoms with Gasteiger partial charge in [0.2, 0.25) is 0 Å². The fourth-order valence-corrected chi connectivity index (χ4v) is 0.989. The fraction of sp³-hybridized carbons (Fsp3) is 0.286. The van der Waals surface area contributed by atoms with Crippen LogP contribution in [0.5, 0.6) is 0 Å². The lowest BCUT2D eigenvalue weighted by molar-refractivity contribution is 1.27. The standard InChI is InChI=1S/C5H4Br2N2.C2H6/c6-3-1-2-4(8)9-5(3)7;1-2/h1-2H,(H2,8,9);1-2H3. The second-order valence-corrected chi connectivity index (χ2v) is 3.11. The Morgan fingerprint density at radius 3 is 2.18 bits per heavy atom. The van der Waals surface area contributed by atoms with Crippen molar-refractivity contribution in [2.45, 2.75) is 13.8 Å². The summed E-state index contributed by atoms with van der Waals surface area (Å²) in [5.41, 5.74) is 5.37. The minimum atomic E-state index is 0.519. The SMILES string of the molecule is CC.Nc1ccc(Br)c(Br)n1. The maximum atomic E-state index is 5.37. The summed E-state index contributed by atoms with van der Waals surface area (Å²) in [5.74, 6) is 0.519. The summed E-state index contributed by atoms with van der Waals surface area (Å²) >= 11 is 6.47. The molecule has 0 aliphatic carbocycles. The number of nitrogens with two attached hydrogens (primary N) is 1. The molecule has 0 bridgehead atoms. The van der Waals surface area contributed by atoms with Crippen LogP contribution < -0.4 is 5.73 Å². The van der Waals surface area contributed by atoms with Gasteiger partial charge in [-0.2, -0.15) is 0 Å². The van der Waals surface area contributed by atoms with Crippen molar-refractivity contribution in [3.63, 3.8) is 0 Å². The van der Waals surface area contributed by atoms with Crippen molar-refractivity contribution in [3.8, 4) is 0 Å². The average molecular weight is 282 g/mol. The number of pyridine rings is 1. The van der Waals surface area contributed by atoms with Crippen molar-refractivity contribution in [3.05, 3.63) is 21.2 Å². The molecule has 0 saturated carbocycles. The van der Waals surface area contributed by atoms with Crippen molar-refractivity contribution in [1.29, 1.82) is 0 Å². The maximum Gasteiger partial charge on any atom is 0.124 e. The normalized spacial score (nSPS) is 8.36. The van der Waals surface area contributed by atoms with Crippen LogP contribution in [-0.4, -0.2) is 4.98 Å². The molecule has 0 atom stereocenters. The Morgan fingerprint density at radius 2 is 1.82 bits per heavy atom. The Balaban J connectivity index is 0.000000461. The molecule has 0 aliphatic rings. The van der Waals surface area contributed by atoms with E-state index in [9.17, 15) is 0 Å². The third kappa shape index (κ3) is 3.72. The van der Waals surface area contributed by atoms with E-state index in [1.165, 1.54) is 0 Å². The van der Waals surface area contributed by atoms with Gasteiger partial charge in [0, 0.05) is 0 Å².